The predicted octanol–water partition coefficient (Wildman–Crippen LogP) is 2.77. The Morgan fingerprint density at radius 1 is 1.05 bits per heavy atom. The maximum absolute atomic E-state index is 12.1. The highest BCUT2D eigenvalue weighted by Gasteiger charge is 2.15. The van der Waals surface area contributed by atoms with Crippen molar-refractivity contribution in [1.29, 1.82) is 0 Å². The Labute approximate surface area is 131 Å². The lowest BCUT2D eigenvalue weighted by Gasteiger charge is -2.21. The van der Waals surface area contributed by atoms with Crippen molar-refractivity contribution in [3.63, 3.8) is 0 Å². The van der Waals surface area contributed by atoms with Crippen molar-refractivity contribution in [3.05, 3.63) is 0 Å². The number of nitrogens with zero attached hydrogens (tertiary/aromatic N) is 1. The normalized spacial score (nSPS) is 15.8. The van der Waals surface area contributed by atoms with Gasteiger partial charge in [0.2, 0.25) is 5.91 Å². The van der Waals surface area contributed by atoms with Crippen LogP contribution in [0.4, 0.5) is 0 Å². The number of nitrogens with two attached hydrogens (primary N) is 1. The molecule has 0 saturated heterocycles. The number of nitrogens with one attached hydrogen (secondary N) is 1. The zero-order chi connectivity index (χ0) is 16.3. The van der Waals surface area contributed by atoms with E-state index in [9.17, 15) is 4.79 Å². The molecule has 0 aliphatic rings. The van der Waals surface area contributed by atoms with Gasteiger partial charge in [0.25, 0.3) is 0 Å². The molecule has 1 amide bonds. The smallest absolute Gasteiger partial charge is 0.223 e. The van der Waals surface area contributed by atoms with Crippen LogP contribution in [0.25, 0.3) is 0 Å². The molecule has 3 N–H and O–H groups in total. The molecule has 3 atom stereocenters. The Kier molecular flexibility index (Phi) is 11.6. The Bertz CT molecular complexity index is 265. The highest BCUT2D eigenvalue weighted by molar-refractivity contribution is 5.78. The summed E-state index contributed by atoms with van der Waals surface area (Å²) in [5.74, 6) is 0.281. The molecule has 126 valence electrons. The largest absolute Gasteiger partial charge is 0.353 e. The second kappa shape index (κ2) is 12.0. The summed E-state index contributed by atoms with van der Waals surface area (Å²) < 4.78 is 0. The highest BCUT2D eigenvalue weighted by Crippen LogP contribution is 2.10. The van der Waals surface area contributed by atoms with Gasteiger partial charge in [-0.2, -0.15) is 0 Å². The SMILES string of the molecule is CCN(CC)CCCC(C)NC(=O)C(C)CCCC(C)N. The summed E-state index contributed by atoms with van der Waals surface area (Å²) in [7, 11) is 0. The maximum atomic E-state index is 12.1. The molecule has 0 bridgehead atoms. The first-order valence-electron chi connectivity index (χ1n) is 8.68. The Morgan fingerprint density at radius 3 is 2.19 bits per heavy atom. The second-order valence-electron chi connectivity index (χ2n) is 6.39. The van der Waals surface area contributed by atoms with E-state index in [1.165, 1.54) is 0 Å². The van der Waals surface area contributed by atoms with Gasteiger partial charge in [-0.05, 0) is 59.2 Å². The minimum atomic E-state index is 0.0917. The molecule has 0 radical (unpaired) electrons. The molecule has 3 unspecified atom stereocenters. The summed E-state index contributed by atoms with van der Waals surface area (Å²) in [6, 6.07) is 0.503. The molecular weight excluding hydrogens is 262 g/mol. The third-order valence-electron chi connectivity index (χ3n) is 4.14. The van der Waals surface area contributed by atoms with Gasteiger partial charge in [-0.15, -0.1) is 0 Å². The number of carbonyl (C=O) groups excluding carboxylic acids is 1. The molecule has 0 aliphatic heterocycles. The van der Waals surface area contributed by atoms with Crippen LogP contribution >= 0.6 is 0 Å². The maximum Gasteiger partial charge on any atom is 0.223 e. The molecule has 0 saturated carbocycles. The van der Waals surface area contributed by atoms with E-state index in [0.717, 1.165) is 51.7 Å². The second-order valence-corrected chi connectivity index (χ2v) is 6.39. The molecule has 21 heavy (non-hydrogen) atoms. The van der Waals surface area contributed by atoms with E-state index in [1.807, 2.05) is 13.8 Å². The van der Waals surface area contributed by atoms with E-state index >= 15 is 0 Å². The van der Waals surface area contributed by atoms with Gasteiger partial charge in [0.05, 0.1) is 0 Å². The molecule has 0 aromatic rings. The fourth-order valence-corrected chi connectivity index (χ4v) is 2.50. The minimum absolute atomic E-state index is 0.0917. The first-order chi connectivity index (χ1) is 9.90. The molecule has 0 aliphatic carbocycles. The van der Waals surface area contributed by atoms with Gasteiger partial charge in [-0.25, -0.2) is 0 Å². The summed E-state index contributed by atoms with van der Waals surface area (Å²) in [4.78, 5) is 14.5. The molecule has 4 nitrogen and oxygen atoms in total. The summed E-state index contributed by atoms with van der Waals surface area (Å²) in [5, 5.41) is 3.14. The van der Waals surface area contributed by atoms with Crippen molar-refractivity contribution < 1.29 is 4.79 Å². The van der Waals surface area contributed by atoms with Crippen LogP contribution in [0.1, 0.15) is 66.7 Å². The monoisotopic (exact) mass is 299 g/mol. The number of hydrogen-bond acceptors (Lipinski definition) is 3. The average molecular weight is 300 g/mol. The van der Waals surface area contributed by atoms with Crippen LogP contribution in [0, 0.1) is 5.92 Å². The molecule has 0 spiro atoms. The average Bonchev–Trinajstić information content (AvgIpc) is 2.43. The lowest BCUT2D eigenvalue weighted by molar-refractivity contribution is -0.125. The molecule has 4 heteroatoms. The van der Waals surface area contributed by atoms with Crippen molar-refractivity contribution in [3.8, 4) is 0 Å². The van der Waals surface area contributed by atoms with E-state index in [2.05, 4.69) is 31.0 Å². The summed E-state index contributed by atoms with van der Waals surface area (Å²) in [6.45, 7) is 13.9. The van der Waals surface area contributed by atoms with Crippen LogP contribution in [0.15, 0.2) is 0 Å². The van der Waals surface area contributed by atoms with Crippen LogP contribution in [-0.4, -0.2) is 42.5 Å². The predicted molar refractivity (Wildman–Crippen MR) is 91.3 cm³/mol. The number of amides is 1. The van der Waals surface area contributed by atoms with Crippen molar-refractivity contribution in [1.82, 2.24) is 10.2 Å². The number of rotatable bonds is 12. The van der Waals surface area contributed by atoms with E-state index in [4.69, 9.17) is 5.73 Å². The van der Waals surface area contributed by atoms with Crippen molar-refractivity contribution >= 4 is 5.91 Å². The molecule has 0 fully saturated rings. The van der Waals surface area contributed by atoms with Gasteiger partial charge >= 0.3 is 0 Å². The lowest BCUT2D eigenvalue weighted by atomic mass is 10.0. The van der Waals surface area contributed by atoms with Crippen molar-refractivity contribution in [2.24, 2.45) is 11.7 Å². The van der Waals surface area contributed by atoms with Crippen LogP contribution < -0.4 is 11.1 Å². The van der Waals surface area contributed by atoms with E-state index in [-0.39, 0.29) is 23.9 Å². The minimum Gasteiger partial charge on any atom is -0.353 e. The van der Waals surface area contributed by atoms with Gasteiger partial charge in [0.15, 0.2) is 0 Å². The standard InChI is InChI=1S/C17H37N3O/c1-6-20(7-2)13-9-12-16(5)19-17(21)14(3)10-8-11-15(4)18/h14-16H,6-13,18H2,1-5H3,(H,19,21). The summed E-state index contributed by atoms with van der Waals surface area (Å²) in [5.41, 5.74) is 5.73. The van der Waals surface area contributed by atoms with Crippen LogP contribution in [0.3, 0.4) is 0 Å². The van der Waals surface area contributed by atoms with Crippen molar-refractivity contribution in [2.45, 2.75) is 78.8 Å². The Balaban J connectivity index is 3.81. The van der Waals surface area contributed by atoms with Crippen molar-refractivity contribution in [2.75, 3.05) is 19.6 Å². The van der Waals surface area contributed by atoms with Crippen LogP contribution in [0.5, 0.6) is 0 Å². The fraction of sp³-hybridized carbons (Fsp3) is 0.941. The van der Waals surface area contributed by atoms with E-state index in [1.54, 1.807) is 0 Å². The molecule has 0 rings (SSSR count). The van der Waals surface area contributed by atoms with Gasteiger partial charge < -0.3 is 16.0 Å². The number of hydrogen-bond donors (Lipinski definition) is 2. The fourth-order valence-electron chi connectivity index (χ4n) is 2.50. The lowest BCUT2D eigenvalue weighted by Crippen LogP contribution is -2.37. The van der Waals surface area contributed by atoms with Crippen LogP contribution in [-0.2, 0) is 4.79 Å². The van der Waals surface area contributed by atoms with E-state index < -0.39 is 0 Å². The summed E-state index contributed by atoms with van der Waals surface area (Å²) in [6.07, 6.45) is 5.15. The first-order valence-corrected chi connectivity index (χ1v) is 8.68. The Morgan fingerprint density at radius 2 is 1.67 bits per heavy atom. The highest BCUT2D eigenvalue weighted by atomic mass is 16.1. The molecule has 0 aromatic carbocycles. The topological polar surface area (TPSA) is 58.4 Å². The first kappa shape index (κ1) is 20.4. The van der Waals surface area contributed by atoms with Gasteiger partial charge in [-0.3, -0.25) is 4.79 Å². The molecule has 0 heterocycles. The zero-order valence-electron chi connectivity index (χ0n) is 14.8. The van der Waals surface area contributed by atoms with Gasteiger partial charge in [0.1, 0.15) is 0 Å². The summed E-state index contributed by atoms with van der Waals surface area (Å²) >= 11 is 0. The van der Waals surface area contributed by atoms with Crippen LogP contribution in [0.2, 0.25) is 0 Å². The molecular formula is C17H37N3O. The number of carbonyl (C=O) groups is 1. The van der Waals surface area contributed by atoms with Gasteiger partial charge in [0, 0.05) is 18.0 Å². The zero-order valence-corrected chi connectivity index (χ0v) is 14.8. The molecule has 0 aromatic heterocycles. The van der Waals surface area contributed by atoms with Gasteiger partial charge in [-0.1, -0.05) is 27.2 Å². The quantitative estimate of drug-likeness (QED) is 0.582. The third kappa shape index (κ3) is 10.7. The third-order valence-corrected chi connectivity index (χ3v) is 4.14. The Hall–Kier alpha value is -0.610. The van der Waals surface area contributed by atoms with E-state index in [0.29, 0.717) is 0 Å².